The van der Waals surface area contributed by atoms with Crippen molar-refractivity contribution in [1.82, 2.24) is 5.32 Å². The lowest BCUT2D eigenvalue weighted by Crippen LogP contribution is -2.52. The number of hydrogen-bond acceptors (Lipinski definition) is 3. The molecule has 0 fully saturated rings. The molecule has 0 heterocycles. The van der Waals surface area contributed by atoms with E-state index >= 15 is 0 Å². The highest BCUT2D eigenvalue weighted by molar-refractivity contribution is 5.97. The van der Waals surface area contributed by atoms with Crippen LogP contribution in [0.1, 0.15) is 43.4 Å². The van der Waals surface area contributed by atoms with E-state index < -0.39 is 5.54 Å². The Bertz CT molecular complexity index is 548. The molecule has 1 unspecified atom stereocenters. The van der Waals surface area contributed by atoms with Crippen LogP contribution in [-0.4, -0.2) is 23.9 Å². The molecule has 0 spiro atoms. The Hall–Kier alpha value is -1.59. The monoisotopic (exact) mass is 341 g/mol. The van der Waals surface area contributed by atoms with Gasteiger partial charge in [-0.05, 0) is 45.2 Å². The van der Waals surface area contributed by atoms with Gasteiger partial charge >= 0.3 is 0 Å². The van der Waals surface area contributed by atoms with Gasteiger partial charge in [-0.1, -0.05) is 31.0 Å². The molecule has 2 amide bonds. The lowest BCUT2D eigenvalue weighted by molar-refractivity contribution is -0.128. The van der Waals surface area contributed by atoms with Crippen molar-refractivity contribution in [2.45, 2.75) is 53.0 Å². The Morgan fingerprint density at radius 1 is 1.17 bits per heavy atom. The topological polar surface area (TPSA) is 84.2 Å². The summed E-state index contributed by atoms with van der Waals surface area (Å²) in [6, 6.07) is 4.03. The van der Waals surface area contributed by atoms with Crippen molar-refractivity contribution in [2.24, 2.45) is 5.73 Å². The fourth-order valence-corrected chi connectivity index (χ4v) is 2.56. The number of anilines is 1. The summed E-state index contributed by atoms with van der Waals surface area (Å²) in [5.41, 5.74) is 8.96. The van der Waals surface area contributed by atoms with Gasteiger partial charge in [0.2, 0.25) is 11.8 Å². The van der Waals surface area contributed by atoms with Crippen LogP contribution in [-0.2, 0) is 9.59 Å². The zero-order chi connectivity index (χ0) is 16.9. The van der Waals surface area contributed by atoms with Crippen molar-refractivity contribution < 1.29 is 9.59 Å². The van der Waals surface area contributed by atoms with Gasteiger partial charge in [-0.2, -0.15) is 0 Å². The van der Waals surface area contributed by atoms with Crippen molar-refractivity contribution >= 4 is 29.9 Å². The third kappa shape index (κ3) is 6.20. The molecule has 0 aliphatic heterocycles. The van der Waals surface area contributed by atoms with Crippen molar-refractivity contribution in [3.8, 4) is 0 Å². The van der Waals surface area contributed by atoms with Crippen LogP contribution in [0, 0.1) is 20.8 Å². The lowest BCUT2D eigenvalue weighted by atomic mass is 9.96. The summed E-state index contributed by atoms with van der Waals surface area (Å²) >= 11 is 0. The summed E-state index contributed by atoms with van der Waals surface area (Å²) in [5.74, 6) is -0.558. The Labute approximate surface area is 144 Å². The molecule has 4 N–H and O–H groups in total. The second-order valence-electron chi connectivity index (χ2n) is 6.17. The van der Waals surface area contributed by atoms with Gasteiger partial charge in [-0.25, -0.2) is 0 Å². The molecule has 23 heavy (non-hydrogen) atoms. The van der Waals surface area contributed by atoms with Gasteiger partial charge in [0.05, 0.1) is 12.1 Å². The van der Waals surface area contributed by atoms with Gasteiger partial charge < -0.3 is 16.4 Å². The number of aryl methyl sites for hydroxylation is 3. The van der Waals surface area contributed by atoms with Gasteiger partial charge in [0.25, 0.3) is 0 Å². The minimum atomic E-state index is -0.940. The number of halogens is 1. The highest BCUT2D eigenvalue weighted by Crippen LogP contribution is 2.21. The fourth-order valence-electron chi connectivity index (χ4n) is 2.56. The van der Waals surface area contributed by atoms with Gasteiger partial charge in [0.15, 0.2) is 0 Å². The summed E-state index contributed by atoms with van der Waals surface area (Å²) in [4.78, 5) is 24.0. The van der Waals surface area contributed by atoms with Crippen LogP contribution < -0.4 is 16.4 Å². The van der Waals surface area contributed by atoms with Crippen LogP contribution in [0.5, 0.6) is 0 Å². The quantitative estimate of drug-likeness (QED) is 0.743. The summed E-state index contributed by atoms with van der Waals surface area (Å²) in [6.45, 7) is 9.48. The maximum Gasteiger partial charge on any atom is 0.243 e. The van der Waals surface area contributed by atoms with Crippen molar-refractivity contribution in [3.63, 3.8) is 0 Å². The molecule has 1 rings (SSSR count). The van der Waals surface area contributed by atoms with E-state index in [1.54, 1.807) is 6.92 Å². The average Bonchev–Trinajstić information content (AvgIpc) is 2.40. The molecule has 0 aliphatic rings. The summed E-state index contributed by atoms with van der Waals surface area (Å²) in [5, 5.41) is 5.45. The first kappa shape index (κ1) is 21.4. The standard InChI is InChI=1S/C17H27N3O2.ClH/c1-6-7-17(5,18)16(22)19-10-14(21)20-15-12(3)8-11(2)9-13(15)4;/h8-9H,6-7,10,18H2,1-5H3,(H,19,22)(H,20,21);1H. The molecule has 6 heteroatoms. The van der Waals surface area contributed by atoms with Crippen LogP contribution in [0.4, 0.5) is 5.69 Å². The van der Waals surface area contributed by atoms with E-state index in [-0.39, 0.29) is 30.8 Å². The highest BCUT2D eigenvalue weighted by atomic mass is 35.5. The molecule has 0 radical (unpaired) electrons. The molecule has 0 aromatic heterocycles. The SMILES string of the molecule is CCCC(C)(N)C(=O)NCC(=O)Nc1c(C)cc(C)cc1C.Cl. The highest BCUT2D eigenvalue weighted by Gasteiger charge is 2.27. The Morgan fingerprint density at radius 2 is 1.70 bits per heavy atom. The number of carbonyl (C=O) groups is 2. The van der Waals surface area contributed by atoms with Gasteiger partial charge in [0, 0.05) is 5.69 Å². The van der Waals surface area contributed by atoms with E-state index in [9.17, 15) is 9.59 Å². The molecular formula is C17H28ClN3O2. The minimum Gasteiger partial charge on any atom is -0.345 e. The number of nitrogens with two attached hydrogens (primary N) is 1. The first-order chi connectivity index (χ1) is 10.2. The molecule has 0 aliphatic carbocycles. The largest absolute Gasteiger partial charge is 0.345 e. The molecule has 130 valence electrons. The molecular weight excluding hydrogens is 314 g/mol. The van der Waals surface area contributed by atoms with Gasteiger partial charge in [-0.3, -0.25) is 9.59 Å². The number of benzene rings is 1. The summed E-state index contributed by atoms with van der Waals surface area (Å²) in [7, 11) is 0. The molecule has 0 bridgehead atoms. The average molecular weight is 342 g/mol. The van der Waals surface area contributed by atoms with Crippen LogP contribution in [0.25, 0.3) is 0 Å². The van der Waals surface area contributed by atoms with E-state index in [2.05, 4.69) is 10.6 Å². The molecule has 1 aromatic carbocycles. The second-order valence-corrected chi connectivity index (χ2v) is 6.17. The lowest BCUT2D eigenvalue weighted by Gasteiger charge is -2.22. The van der Waals surface area contributed by atoms with E-state index in [0.29, 0.717) is 6.42 Å². The van der Waals surface area contributed by atoms with Gasteiger partial charge in [0.1, 0.15) is 0 Å². The van der Waals surface area contributed by atoms with Crippen molar-refractivity contribution in [1.29, 1.82) is 0 Å². The van der Waals surface area contributed by atoms with Crippen LogP contribution >= 0.6 is 12.4 Å². The van der Waals surface area contributed by atoms with E-state index in [1.807, 2.05) is 39.8 Å². The number of nitrogens with one attached hydrogen (secondary N) is 2. The van der Waals surface area contributed by atoms with Crippen LogP contribution in [0.15, 0.2) is 12.1 Å². The molecule has 1 atom stereocenters. The maximum atomic E-state index is 12.0. The summed E-state index contributed by atoms with van der Waals surface area (Å²) in [6.07, 6.45) is 1.39. The Balaban J connectivity index is 0.00000484. The normalized spacial score (nSPS) is 12.8. The van der Waals surface area contributed by atoms with Crippen LogP contribution in [0.3, 0.4) is 0 Å². The van der Waals surface area contributed by atoms with Gasteiger partial charge in [-0.15, -0.1) is 12.4 Å². The zero-order valence-corrected chi connectivity index (χ0v) is 15.4. The predicted molar refractivity (Wildman–Crippen MR) is 97.0 cm³/mol. The first-order valence-electron chi connectivity index (χ1n) is 7.62. The predicted octanol–water partition coefficient (Wildman–Crippen LogP) is 2.61. The molecule has 1 aromatic rings. The maximum absolute atomic E-state index is 12.0. The minimum absolute atomic E-state index is 0. The van der Waals surface area contributed by atoms with Crippen molar-refractivity contribution in [3.05, 3.63) is 28.8 Å². The number of hydrogen-bond donors (Lipinski definition) is 3. The molecule has 0 saturated carbocycles. The third-order valence-corrected chi connectivity index (χ3v) is 3.64. The number of amides is 2. The zero-order valence-electron chi connectivity index (χ0n) is 14.6. The smallest absolute Gasteiger partial charge is 0.243 e. The first-order valence-corrected chi connectivity index (χ1v) is 7.62. The number of carbonyl (C=O) groups excluding carboxylic acids is 2. The van der Waals surface area contributed by atoms with E-state index in [1.165, 1.54) is 0 Å². The van der Waals surface area contributed by atoms with E-state index in [4.69, 9.17) is 5.73 Å². The Kier molecular flexibility index (Phi) is 8.28. The van der Waals surface area contributed by atoms with E-state index in [0.717, 1.165) is 28.8 Å². The summed E-state index contributed by atoms with van der Waals surface area (Å²) < 4.78 is 0. The third-order valence-electron chi connectivity index (χ3n) is 3.64. The Morgan fingerprint density at radius 3 is 2.17 bits per heavy atom. The number of rotatable bonds is 6. The fraction of sp³-hybridized carbons (Fsp3) is 0.529. The molecule has 5 nitrogen and oxygen atoms in total. The van der Waals surface area contributed by atoms with Crippen LogP contribution in [0.2, 0.25) is 0 Å². The van der Waals surface area contributed by atoms with Crippen molar-refractivity contribution in [2.75, 3.05) is 11.9 Å². The second kappa shape index (κ2) is 8.89. The molecule has 0 saturated heterocycles.